The molecular weight excluding hydrogens is 256 g/mol. The Bertz CT molecular complexity index is 478. The zero-order valence-electron chi connectivity index (χ0n) is 14.1. The molecule has 0 aliphatic heterocycles. The molecule has 4 saturated carbocycles. The van der Waals surface area contributed by atoms with Crippen LogP contribution in [0.4, 0.5) is 0 Å². The minimum atomic E-state index is -0.0845. The van der Waals surface area contributed by atoms with Crippen molar-refractivity contribution in [3.63, 3.8) is 0 Å². The van der Waals surface area contributed by atoms with Crippen LogP contribution in [-0.2, 0) is 0 Å². The maximum atomic E-state index is 10.5. The Labute approximate surface area is 130 Å². The fraction of sp³-hybridized carbons (Fsp3) is 0.900. The summed E-state index contributed by atoms with van der Waals surface area (Å²) in [6.45, 7) is 11.8. The van der Waals surface area contributed by atoms with E-state index in [9.17, 15) is 5.11 Å². The van der Waals surface area contributed by atoms with Gasteiger partial charge in [0.25, 0.3) is 0 Å². The van der Waals surface area contributed by atoms with Crippen molar-refractivity contribution in [1.82, 2.24) is 0 Å². The van der Waals surface area contributed by atoms with Crippen LogP contribution in [0.1, 0.15) is 72.1 Å². The maximum absolute atomic E-state index is 10.5. The van der Waals surface area contributed by atoms with Gasteiger partial charge in [0.1, 0.15) is 0 Å². The van der Waals surface area contributed by atoms with Crippen molar-refractivity contribution >= 4 is 0 Å². The predicted molar refractivity (Wildman–Crippen MR) is 86.9 cm³/mol. The van der Waals surface area contributed by atoms with Gasteiger partial charge in [0.15, 0.2) is 0 Å². The number of hydrogen-bond acceptors (Lipinski definition) is 1. The van der Waals surface area contributed by atoms with Crippen molar-refractivity contribution < 1.29 is 5.11 Å². The highest BCUT2D eigenvalue weighted by Crippen LogP contribution is 2.72. The summed E-state index contributed by atoms with van der Waals surface area (Å²) in [5, 5.41) is 10.5. The molecule has 0 amide bonds. The van der Waals surface area contributed by atoms with Crippen molar-refractivity contribution in [2.75, 3.05) is 0 Å². The molecule has 21 heavy (non-hydrogen) atoms. The molecule has 0 aromatic rings. The van der Waals surface area contributed by atoms with Crippen molar-refractivity contribution in [1.29, 1.82) is 0 Å². The normalized spacial score (nSPS) is 55.0. The minimum absolute atomic E-state index is 0.0845. The maximum Gasteiger partial charge on any atom is 0.0550 e. The standard InChI is InChI=1S/C20H32O/c1-13-9-20-8-7-16-18(2,3)11-15(21)12-19(16,4)17(20)6-5-14(13)10-20/h14-17,21H,1,5-12H2,2-4H3/t14-,15+,16-,17+,19-,20-/m1/s1. The molecule has 4 rings (SSSR count). The number of rotatable bonds is 0. The van der Waals surface area contributed by atoms with Crippen LogP contribution in [0.15, 0.2) is 12.2 Å². The van der Waals surface area contributed by atoms with E-state index in [1.807, 2.05) is 0 Å². The molecule has 0 heterocycles. The van der Waals surface area contributed by atoms with Gasteiger partial charge in [0, 0.05) is 0 Å². The zero-order valence-corrected chi connectivity index (χ0v) is 14.1. The first-order chi connectivity index (χ1) is 9.77. The Balaban J connectivity index is 1.75. The fourth-order valence-corrected chi connectivity index (χ4v) is 7.85. The highest BCUT2D eigenvalue weighted by Gasteiger charge is 2.63. The molecule has 0 saturated heterocycles. The molecule has 1 heteroatoms. The molecule has 0 unspecified atom stereocenters. The van der Waals surface area contributed by atoms with E-state index in [0.717, 1.165) is 30.6 Å². The Hall–Kier alpha value is -0.300. The Morgan fingerprint density at radius 2 is 1.76 bits per heavy atom. The fourth-order valence-electron chi connectivity index (χ4n) is 7.85. The summed E-state index contributed by atoms with van der Waals surface area (Å²) in [5.74, 6) is 2.45. The van der Waals surface area contributed by atoms with Crippen LogP contribution >= 0.6 is 0 Å². The molecular formula is C20H32O. The molecule has 0 radical (unpaired) electrons. The van der Waals surface area contributed by atoms with Gasteiger partial charge in [-0.1, -0.05) is 32.9 Å². The molecule has 1 nitrogen and oxygen atoms in total. The van der Waals surface area contributed by atoms with E-state index in [4.69, 9.17) is 0 Å². The molecule has 1 N–H and O–H groups in total. The lowest BCUT2D eigenvalue weighted by Gasteiger charge is -2.64. The smallest absolute Gasteiger partial charge is 0.0550 e. The lowest BCUT2D eigenvalue weighted by atomic mass is 9.41. The molecule has 6 atom stereocenters. The van der Waals surface area contributed by atoms with E-state index in [1.165, 1.54) is 38.5 Å². The highest BCUT2D eigenvalue weighted by atomic mass is 16.3. The van der Waals surface area contributed by atoms with Crippen LogP contribution in [0.25, 0.3) is 0 Å². The van der Waals surface area contributed by atoms with E-state index >= 15 is 0 Å². The second kappa shape index (κ2) is 4.16. The number of fused-ring (bicyclic) bond motifs is 3. The Kier molecular flexibility index (Phi) is 2.83. The summed E-state index contributed by atoms with van der Waals surface area (Å²) in [5.41, 5.74) is 2.77. The van der Waals surface area contributed by atoms with Crippen molar-refractivity contribution in [2.45, 2.75) is 78.2 Å². The molecule has 4 fully saturated rings. The van der Waals surface area contributed by atoms with Gasteiger partial charge in [-0.3, -0.25) is 0 Å². The van der Waals surface area contributed by atoms with Crippen molar-refractivity contribution in [3.05, 3.63) is 12.2 Å². The summed E-state index contributed by atoms with van der Waals surface area (Å²) in [6.07, 6.45) is 10.2. The molecule has 2 bridgehead atoms. The van der Waals surface area contributed by atoms with Crippen molar-refractivity contribution in [2.24, 2.45) is 34.0 Å². The van der Waals surface area contributed by atoms with Gasteiger partial charge in [0.2, 0.25) is 0 Å². The lowest BCUT2D eigenvalue weighted by molar-refractivity contribution is -0.171. The summed E-state index contributed by atoms with van der Waals surface area (Å²) in [4.78, 5) is 0. The van der Waals surface area contributed by atoms with Gasteiger partial charge in [-0.15, -0.1) is 0 Å². The third-order valence-corrected chi connectivity index (χ3v) is 8.26. The first-order valence-electron chi connectivity index (χ1n) is 9.13. The van der Waals surface area contributed by atoms with Gasteiger partial charge >= 0.3 is 0 Å². The van der Waals surface area contributed by atoms with E-state index < -0.39 is 0 Å². The Morgan fingerprint density at radius 1 is 1.00 bits per heavy atom. The van der Waals surface area contributed by atoms with E-state index in [1.54, 1.807) is 5.57 Å². The average Bonchev–Trinajstić information content (AvgIpc) is 2.57. The van der Waals surface area contributed by atoms with Crippen LogP contribution in [0.2, 0.25) is 0 Å². The quantitative estimate of drug-likeness (QED) is 0.626. The summed E-state index contributed by atoms with van der Waals surface area (Å²) in [7, 11) is 0. The van der Waals surface area contributed by atoms with Gasteiger partial charge in [0.05, 0.1) is 6.10 Å². The highest BCUT2D eigenvalue weighted by molar-refractivity contribution is 5.22. The third-order valence-electron chi connectivity index (χ3n) is 8.26. The van der Waals surface area contributed by atoms with E-state index in [2.05, 4.69) is 27.4 Å². The summed E-state index contributed by atoms with van der Waals surface area (Å²) >= 11 is 0. The van der Waals surface area contributed by atoms with Gasteiger partial charge < -0.3 is 5.11 Å². The first-order valence-corrected chi connectivity index (χ1v) is 9.13. The largest absolute Gasteiger partial charge is 0.393 e. The third kappa shape index (κ3) is 1.79. The van der Waals surface area contributed by atoms with Crippen LogP contribution in [-0.4, -0.2) is 11.2 Å². The molecule has 0 aromatic carbocycles. The topological polar surface area (TPSA) is 20.2 Å². The summed E-state index contributed by atoms with van der Waals surface area (Å²) in [6, 6.07) is 0. The first kappa shape index (κ1) is 14.3. The molecule has 118 valence electrons. The second-order valence-corrected chi connectivity index (χ2v) is 9.88. The number of aliphatic hydroxyl groups excluding tert-OH is 1. The average molecular weight is 288 g/mol. The predicted octanol–water partition coefficient (Wildman–Crippen LogP) is 4.95. The van der Waals surface area contributed by atoms with Crippen LogP contribution in [0.3, 0.4) is 0 Å². The van der Waals surface area contributed by atoms with E-state index in [-0.39, 0.29) is 6.10 Å². The van der Waals surface area contributed by atoms with Crippen LogP contribution < -0.4 is 0 Å². The van der Waals surface area contributed by atoms with Crippen LogP contribution in [0.5, 0.6) is 0 Å². The molecule has 0 aromatic heterocycles. The van der Waals surface area contributed by atoms with E-state index in [0.29, 0.717) is 16.2 Å². The summed E-state index contributed by atoms with van der Waals surface area (Å²) < 4.78 is 0. The monoisotopic (exact) mass is 288 g/mol. The number of hydrogen-bond donors (Lipinski definition) is 1. The van der Waals surface area contributed by atoms with Gasteiger partial charge in [-0.25, -0.2) is 0 Å². The number of allylic oxidation sites excluding steroid dienone is 1. The number of aliphatic hydroxyl groups is 1. The molecule has 4 aliphatic rings. The van der Waals surface area contributed by atoms with Gasteiger partial charge in [-0.05, 0) is 85.4 Å². The lowest BCUT2D eigenvalue weighted by Crippen LogP contribution is -2.58. The zero-order chi connectivity index (χ0) is 15.0. The van der Waals surface area contributed by atoms with Crippen molar-refractivity contribution in [3.8, 4) is 0 Å². The van der Waals surface area contributed by atoms with Gasteiger partial charge in [-0.2, -0.15) is 0 Å². The molecule has 4 aliphatic carbocycles. The second-order valence-electron chi connectivity index (χ2n) is 9.88. The molecule has 1 spiro atoms. The Morgan fingerprint density at radius 3 is 2.52 bits per heavy atom. The van der Waals surface area contributed by atoms with Crippen LogP contribution in [0, 0.1) is 34.0 Å². The minimum Gasteiger partial charge on any atom is -0.393 e. The SMILES string of the molecule is C=C1C[C@@]23CC[C@@H]4C(C)(C)C[C@H](O)C[C@@]4(C)[C@@H]2CC[C@@H]1C3.